The Bertz CT molecular complexity index is 511. The number of nitro groups is 1. The highest BCUT2D eigenvalue weighted by Gasteiger charge is 2.49. The normalized spacial score (nSPS) is 12.6. The molecule has 0 radical (unpaired) electrons. The summed E-state index contributed by atoms with van der Waals surface area (Å²) >= 11 is 2.63. The number of alkyl halides is 7. The van der Waals surface area contributed by atoms with E-state index in [2.05, 4.69) is 15.9 Å². The van der Waals surface area contributed by atoms with Crippen LogP contribution in [0.4, 0.5) is 32.0 Å². The van der Waals surface area contributed by atoms with E-state index >= 15 is 0 Å². The highest BCUT2D eigenvalue weighted by atomic mass is 79.9. The summed E-state index contributed by atoms with van der Waals surface area (Å²) in [6, 6.07) is 1.06. The smallest absolute Gasteiger partial charge is 0.258 e. The molecule has 0 aliphatic heterocycles. The van der Waals surface area contributed by atoms with Crippen LogP contribution in [-0.4, -0.2) is 4.92 Å². The van der Waals surface area contributed by atoms with Gasteiger partial charge in [0.15, 0.2) is 0 Å². The average Bonchev–Trinajstić information content (AvgIpc) is 2.24. The molecule has 0 bridgehead atoms. The molecular formula is C9H4BrF6NO2. The lowest BCUT2D eigenvalue weighted by Gasteiger charge is -2.18. The van der Waals surface area contributed by atoms with E-state index in [1.807, 2.05) is 0 Å². The predicted octanol–water partition coefficient (Wildman–Crippen LogP) is 4.53. The number of rotatable bonds is 2. The fraction of sp³-hybridized carbons (Fsp3) is 0.333. The van der Waals surface area contributed by atoms with Crippen LogP contribution in [0.15, 0.2) is 12.1 Å². The molecule has 0 aliphatic carbocycles. The molecule has 0 unspecified atom stereocenters. The van der Waals surface area contributed by atoms with Gasteiger partial charge in [-0.25, -0.2) is 0 Å². The van der Waals surface area contributed by atoms with Crippen molar-refractivity contribution >= 4 is 21.6 Å². The quantitative estimate of drug-likeness (QED) is 0.340. The molecule has 1 aromatic carbocycles. The van der Waals surface area contributed by atoms with Crippen LogP contribution in [0.2, 0.25) is 0 Å². The van der Waals surface area contributed by atoms with Crippen LogP contribution in [0.25, 0.3) is 0 Å². The Kier molecular flexibility index (Phi) is 4.13. The van der Waals surface area contributed by atoms with E-state index in [1.54, 1.807) is 0 Å². The SMILES string of the molecule is O=[N+]([O-])c1ccc(CBr)c(C(F)(F)F)c1C(F)(F)F. The van der Waals surface area contributed by atoms with E-state index in [1.165, 1.54) is 0 Å². The molecule has 0 aliphatic rings. The number of hydrogen-bond donors (Lipinski definition) is 0. The topological polar surface area (TPSA) is 43.1 Å². The molecule has 3 nitrogen and oxygen atoms in total. The molecule has 106 valence electrons. The van der Waals surface area contributed by atoms with Crippen molar-refractivity contribution in [2.45, 2.75) is 17.7 Å². The Morgan fingerprint density at radius 2 is 1.53 bits per heavy atom. The number of hydrogen-bond acceptors (Lipinski definition) is 2. The zero-order valence-corrected chi connectivity index (χ0v) is 10.4. The maximum Gasteiger partial charge on any atom is 0.423 e. The van der Waals surface area contributed by atoms with Crippen molar-refractivity contribution in [3.8, 4) is 0 Å². The first-order valence-electron chi connectivity index (χ1n) is 4.50. The predicted molar refractivity (Wildman–Crippen MR) is 55.7 cm³/mol. The molecule has 10 heteroatoms. The van der Waals surface area contributed by atoms with E-state index < -0.39 is 45.0 Å². The number of benzene rings is 1. The minimum absolute atomic E-state index is 0.411. The summed E-state index contributed by atoms with van der Waals surface area (Å²) in [7, 11) is 0. The van der Waals surface area contributed by atoms with Crippen molar-refractivity contribution in [2.24, 2.45) is 0 Å². The molecule has 0 spiro atoms. The summed E-state index contributed by atoms with van der Waals surface area (Å²) in [6.07, 6.45) is -10.8. The molecule has 0 N–H and O–H groups in total. The minimum Gasteiger partial charge on any atom is -0.258 e. The van der Waals surface area contributed by atoms with Gasteiger partial charge in [0.25, 0.3) is 5.69 Å². The third kappa shape index (κ3) is 3.17. The van der Waals surface area contributed by atoms with Gasteiger partial charge in [-0.15, -0.1) is 0 Å². The molecule has 1 rings (SSSR count). The Labute approximate surface area is 110 Å². The van der Waals surface area contributed by atoms with Crippen molar-refractivity contribution in [1.29, 1.82) is 0 Å². The summed E-state index contributed by atoms with van der Waals surface area (Å²) in [6.45, 7) is 0. The van der Waals surface area contributed by atoms with Crippen LogP contribution in [-0.2, 0) is 17.7 Å². The van der Waals surface area contributed by atoms with Gasteiger partial charge in [0.05, 0.1) is 10.5 Å². The second-order valence-corrected chi connectivity index (χ2v) is 3.94. The molecule has 0 fully saturated rings. The van der Waals surface area contributed by atoms with E-state index in [0.29, 0.717) is 12.1 Å². The van der Waals surface area contributed by atoms with Gasteiger partial charge in [-0.3, -0.25) is 10.1 Å². The van der Waals surface area contributed by atoms with Gasteiger partial charge in [-0.2, -0.15) is 26.3 Å². The monoisotopic (exact) mass is 351 g/mol. The van der Waals surface area contributed by atoms with Gasteiger partial charge in [-0.1, -0.05) is 22.0 Å². The Morgan fingerprint density at radius 3 is 1.84 bits per heavy atom. The van der Waals surface area contributed by atoms with Crippen LogP contribution in [0.3, 0.4) is 0 Å². The van der Waals surface area contributed by atoms with Gasteiger partial charge in [-0.05, 0) is 5.56 Å². The van der Waals surface area contributed by atoms with Crippen LogP contribution >= 0.6 is 15.9 Å². The Hall–Kier alpha value is -1.32. The maximum atomic E-state index is 12.7. The molecule has 0 atom stereocenters. The van der Waals surface area contributed by atoms with Crippen molar-refractivity contribution < 1.29 is 31.3 Å². The zero-order chi connectivity index (χ0) is 15.0. The third-order valence-corrected chi connectivity index (χ3v) is 2.78. The highest BCUT2D eigenvalue weighted by molar-refractivity contribution is 9.08. The molecule has 0 aromatic heterocycles. The molecule has 0 amide bonds. The van der Waals surface area contributed by atoms with E-state index in [0.717, 1.165) is 0 Å². The van der Waals surface area contributed by atoms with Crippen molar-refractivity contribution in [1.82, 2.24) is 0 Å². The fourth-order valence-electron chi connectivity index (χ4n) is 1.51. The summed E-state index contributed by atoms with van der Waals surface area (Å²) in [5.74, 6) is 0. The second-order valence-electron chi connectivity index (χ2n) is 3.38. The molecule has 0 saturated heterocycles. The second kappa shape index (κ2) is 4.99. The van der Waals surface area contributed by atoms with Crippen LogP contribution < -0.4 is 0 Å². The standard InChI is InChI=1S/C9H4BrF6NO2/c10-3-4-1-2-5(17(18)19)7(9(14,15)16)6(4)8(11,12)13/h1-2H,3H2. The summed E-state index contributed by atoms with van der Waals surface area (Å²) < 4.78 is 76.3. The van der Waals surface area contributed by atoms with Crippen LogP contribution in [0.5, 0.6) is 0 Å². The van der Waals surface area contributed by atoms with Crippen LogP contribution in [0.1, 0.15) is 16.7 Å². The summed E-state index contributed by atoms with van der Waals surface area (Å²) in [4.78, 5) is 8.98. The largest absolute Gasteiger partial charge is 0.423 e. The fourth-order valence-corrected chi connectivity index (χ4v) is 1.98. The molecule has 0 heterocycles. The Balaban J connectivity index is 3.83. The van der Waals surface area contributed by atoms with Gasteiger partial charge in [0.1, 0.15) is 5.56 Å². The Morgan fingerprint density at radius 1 is 1.05 bits per heavy atom. The maximum absolute atomic E-state index is 12.7. The van der Waals surface area contributed by atoms with E-state index in [4.69, 9.17) is 0 Å². The minimum atomic E-state index is -5.48. The average molecular weight is 352 g/mol. The number of nitro benzene ring substituents is 1. The van der Waals surface area contributed by atoms with Gasteiger partial charge in [0, 0.05) is 11.4 Å². The first-order chi connectivity index (χ1) is 8.50. The third-order valence-electron chi connectivity index (χ3n) is 2.18. The molecule has 1 aromatic rings. The first kappa shape index (κ1) is 15.7. The zero-order valence-electron chi connectivity index (χ0n) is 8.77. The van der Waals surface area contributed by atoms with Gasteiger partial charge in [0.2, 0.25) is 0 Å². The first-order valence-corrected chi connectivity index (χ1v) is 5.63. The van der Waals surface area contributed by atoms with Crippen molar-refractivity contribution in [3.63, 3.8) is 0 Å². The lowest BCUT2D eigenvalue weighted by molar-refractivity contribution is -0.388. The number of nitrogens with zero attached hydrogens (tertiary/aromatic N) is 1. The lowest BCUT2D eigenvalue weighted by atomic mass is 9.99. The number of halogens is 7. The van der Waals surface area contributed by atoms with Gasteiger partial charge >= 0.3 is 12.4 Å². The van der Waals surface area contributed by atoms with E-state index in [9.17, 15) is 36.5 Å². The van der Waals surface area contributed by atoms with E-state index in [-0.39, 0.29) is 0 Å². The summed E-state index contributed by atoms with van der Waals surface area (Å²) in [5, 5.41) is 9.96. The molecular weight excluding hydrogens is 348 g/mol. The van der Waals surface area contributed by atoms with Crippen LogP contribution in [0, 0.1) is 10.1 Å². The highest BCUT2D eigenvalue weighted by Crippen LogP contribution is 2.46. The van der Waals surface area contributed by atoms with Crippen molar-refractivity contribution in [2.75, 3.05) is 0 Å². The molecule has 0 saturated carbocycles. The van der Waals surface area contributed by atoms with Crippen molar-refractivity contribution in [3.05, 3.63) is 38.9 Å². The summed E-state index contributed by atoms with van der Waals surface area (Å²) in [5.41, 5.74) is -6.65. The lowest BCUT2D eigenvalue weighted by Crippen LogP contribution is -2.20. The van der Waals surface area contributed by atoms with Gasteiger partial charge < -0.3 is 0 Å². The molecule has 19 heavy (non-hydrogen) atoms.